The number of phenols is 3. The van der Waals surface area contributed by atoms with E-state index in [1.807, 2.05) is 0 Å². The number of aromatic hydroxyl groups is 3. The number of carbonyl (C=O) groups excluding carboxylic acids is 1. The van der Waals surface area contributed by atoms with Gasteiger partial charge in [0, 0.05) is 12.1 Å². The van der Waals surface area contributed by atoms with Crippen molar-refractivity contribution in [2.24, 2.45) is 5.92 Å². The van der Waals surface area contributed by atoms with Crippen LogP contribution in [0.2, 0.25) is 0 Å². The Morgan fingerprint density at radius 1 is 0.930 bits per heavy atom. The van der Waals surface area contributed by atoms with Gasteiger partial charge in [-0.1, -0.05) is 6.92 Å². The molecule has 0 aromatic heterocycles. The zero-order valence-electron chi connectivity index (χ0n) is 23.3. The van der Waals surface area contributed by atoms with E-state index in [1.165, 1.54) is 12.1 Å². The lowest BCUT2D eigenvalue weighted by atomic mass is 9.81. The second-order valence-corrected chi connectivity index (χ2v) is 11.4. The number of hydrogen-bond donors (Lipinski definition) is 9. The normalized spacial score (nSPS) is 36.1. The zero-order valence-corrected chi connectivity index (χ0v) is 23.3. The van der Waals surface area contributed by atoms with Crippen LogP contribution in [0.25, 0.3) is 0 Å². The topological polar surface area (TPSA) is 236 Å². The minimum atomic E-state index is -1.69. The SMILES string of the molecule is Cc1cc([C@H]2CC(=O)c3c(O)cc(O)cc3O2)cc(O[C@@H]2C[C@@H](C)[C@H](O[C@@H]3O[C@H](CO)[C@@H](O)[C@H](O)[C@H]3O)[C@@H](O)[C@H]2O)c1O. The lowest BCUT2D eigenvalue weighted by Crippen LogP contribution is -2.62. The van der Waals surface area contributed by atoms with Crippen LogP contribution in [0.5, 0.6) is 28.7 Å². The Balaban J connectivity index is 1.32. The molecule has 2 aromatic carbocycles. The van der Waals surface area contributed by atoms with Crippen LogP contribution in [0.1, 0.15) is 47.4 Å². The molecule has 2 aromatic rings. The molecule has 9 N–H and O–H groups in total. The van der Waals surface area contributed by atoms with Crippen LogP contribution in [0.3, 0.4) is 0 Å². The minimum Gasteiger partial charge on any atom is -0.508 e. The van der Waals surface area contributed by atoms with Gasteiger partial charge in [0.15, 0.2) is 23.6 Å². The molecule has 2 fully saturated rings. The maximum Gasteiger partial charge on any atom is 0.187 e. The molecule has 14 nitrogen and oxygen atoms in total. The van der Waals surface area contributed by atoms with E-state index < -0.39 is 85.3 Å². The number of aryl methyl sites for hydroxylation is 1. The fourth-order valence-electron chi connectivity index (χ4n) is 5.88. The summed E-state index contributed by atoms with van der Waals surface area (Å²) in [6.07, 6.45) is -13.8. The summed E-state index contributed by atoms with van der Waals surface area (Å²) in [5.41, 5.74) is 0.764. The van der Waals surface area contributed by atoms with Crippen LogP contribution in [-0.4, -0.2) is 113 Å². The number of hydrogen-bond acceptors (Lipinski definition) is 14. The van der Waals surface area contributed by atoms with Gasteiger partial charge in [-0.2, -0.15) is 0 Å². The molecule has 0 radical (unpaired) electrons. The van der Waals surface area contributed by atoms with Crippen LogP contribution in [0.4, 0.5) is 0 Å². The first-order chi connectivity index (χ1) is 20.3. The van der Waals surface area contributed by atoms with E-state index in [1.54, 1.807) is 19.9 Å². The van der Waals surface area contributed by atoms with Crippen molar-refractivity contribution in [3.63, 3.8) is 0 Å². The summed E-state index contributed by atoms with van der Waals surface area (Å²) in [5, 5.41) is 92.4. The van der Waals surface area contributed by atoms with Gasteiger partial charge in [-0.25, -0.2) is 0 Å². The molecule has 1 saturated carbocycles. The maximum atomic E-state index is 12.8. The summed E-state index contributed by atoms with van der Waals surface area (Å²) < 4.78 is 23.0. The van der Waals surface area contributed by atoms with Crippen molar-refractivity contribution < 1.29 is 69.7 Å². The first-order valence-corrected chi connectivity index (χ1v) is 13.9. The molecule has 5 rings (SSSR count). The van der Waals surface area contributed by atoms with Crippen molar-refractivity contribution in [2.45, 2.75) is 87.9 Å². The molecule has 14 heteroatoms. The van der Waals surface area contributed by atoms with Gasteiger partial charge < -0.3 is 64.9 Å². The van der Waals surface area contributed by atoms with E-state index in [0.717, 1.165) is 6.07 Å². The summed E-state index contributed by atoms with van der Waals surface area (Å²) in [6.45, 7) is 2.62. The molecular formula is C29H36O14. The molecule has 0 unspecified atom stereocenters. The first-order valence-electron chi connectivity index (χ1n) is 13.9. The first kappa shape index (κ1) is 31.2. The fraction of sp³-hybridized carbons (Fsp3) is 0.552. The number of rotatable bonds is 6. The summed E-state index contributed by atoms with van der Waals surface area (Å²) >= 11 is 0. The van der Waals surface area contributed by atoms with Gasteiger partial charge in [-0.05, 0) is 42.5 Å². The van der Waals surface area contributed by atoms with E-state index in [0.29, 0.717) is 11.1 Å². The minimum absolute atomic E-state index is 0.00274. The third-order valence-electron chi connectivity index (χ3n) is 8.30. The van der Waals surface area contributed by atoms with Crippen LogP contribution in [0, 0.1) is 12.8 Å². The second-order valence-electron chi connectivity index (χ2n) is 11.4. The number of ether oxygens (including phenoxy) is 4. The van der Waals surface area contributed by atoms with Crippen LogP contribution in [-0.2, 0) is 9.47 Å². The summed E-state index contributed by atoms with van der Waals surface area (Å²) in [4.78, 5) is 12.8. The number of aliphatic hydroxyl groups excluding tert-OH is 6. The molecule has 236 valence electrons. The molecule has 11 atom stereocenters. The van der Waals surface area contributed by atoms with Gasteiger partial charge in [-0.3, -0.25) is 4.79 Å². The van der Waals surface area contributed by atoms with Gasteiger partial charge in [0.05, 0.1) is 19.1 Å². The third kappa shape index (κ3) is 5.84. The molecule has 3 aliphatic rings. The van der Waals surface area contributed by atoms with Crippen molar-refractivity contribution in [1.82, 2.24) is 0 Å². The zero-order chi connectivity index (χ0) is 31.3. The van der Waals surface area contributed by atoms with Gasteiger partial charge in [0.2, 0.25) is 0 Å². The largest absolute Gasteiger partial charge is 0.508 e. The van der Waals surface area contributed by atoms with Gasteiger partial charge in [0.25, 0.3) is 0 Å². The number of phenolic OH excluding ortho intramolecular Hbond substituents is 3. The molecule has 0 bridgehead atoms. The van der Waals surface area contributed by atoms with E-state index in [4.69, 9.17) is 18.9 Å². The standard InChI is InChI=1S/C29H36O14/c1-10-3-12(16-8-15(33)21-14(32)6-13(31)7-17(21)40-16)5-19(22(10)34)41-18-4-11(2)28(26(38)23(18)35)43-29-27(39)25(37)24(36)20(9-30)42-29/h3,5-7,11,16,18,20,23-32,34-39H,4,8-9H2,1-2H3/t11-,16-,18-,20-,23+,24-,25+,26+,27-,28+,29+/m1/s1. The summed E-state index contributed by atoms with van der Waals surface area (Å²) in [6, 6.07) is 5.29. The van der Waals surface area contributed by atoms with Crippen molar-refractivity contribution in [1.29, 1.82) is 0 Å². The van der Waals surface area contributed by atoms with Crippen molar-refractivity contribution >= 4 is 5.78 Å². The Bertz CT molecular complexity index is 1350. The predicted molar refractivity (Wildman–Crippen MR) is 144 cm³/mol. The number of ketones is 1. The summed E-state index contributed by atoms with van der Waals surface area (Å²) in [7, 11) is 0. The van der Waals surface area contributed by atoms with Crippen molar-refractivity contribution in [3.8, 4) is 28.7 Å². The lowest BCUT2D eigenvalue weighted by molar-refractivity contribution is -0.328. The Morgan fingerprint density at radius 2 is 1.65 bits per heavy atom. The molecule has 43 heavy (non-hydrogen) atoms. The van der Waals surface area contributed by atoms with E-state index in [2.05, 4.69) is 0 Å². The quantitative estimate of drug-likeness (QED) is 0.201. The Labute approximate surface area is 245 Å². The second kappa shape index (κ2) is 12.1. The Kier molecular flexibility index (Phi) is 8.75. The number of carbonyl (C=O) groups is 1. The molecular weight excluding hydrogens is 572 g/mol. The molecule has 1 aliphatic carbocycles. The number of aliphatic hydroxyl groups is 6. The Hall–Kier alpha value is -3.21. The highest BCUT2D eigenvalue weighted by molar-refractivity contribution is 6.02. The molecule has 1 saturated heterocycles. The average Bonchev–Trinajstić information content (AvgIpc) is 2.95. The molecule has 2 aliphatic heterocycles. The highest BCUT2D eigenvalue weighted by Gasteiger charge is 2.49. The lowest BCUT2D eigenvalue weighted by Gasteiger charge is -2.45. The molecule has 2 heterocycles. The van der Waals surface area contributed by atoms with E-state index in [-0.39, 0.29) is 41.4 Å². The van der Waals surface area contributed by atoms with Crippen molar-refractivity contribution in [2.75, 3.05) is 6.61 Å². The number of Topliss-reactive ketones (excluding diaryl/α,β-unsaturated/α-hetero) is 1. The highest BCUT2D eigenvalue weighted by atomic mass is 16.7. The monoisotopic (exact) mass is 608 g/mol. The van der Waals surface area contributed by atoms with Crippen LogP contribution in [0.15, 0.2) is 24.3 Å². The average molecular weight is 609 g/mol. The summed E-state index contributed by atoms with van der Waals surface area (Å²) in [5.74, 6) is -1.92. The van der Waals surface area contributed by atoms with Gasteiger partial charge in [0.1, 0.15) is 71.6 Å². The molecule has 0 spiro atoms. The van der Waals surface area contributed by atoms with E-state index in [9.17, 15) is 50.8 Å². The highest BCUT2D eigenvalue weighted by Crippen LogP contribution is 2.44. The maximum absolute atomic E-state index is 12.8. The van der Waals surface area contributed by atoms with Crippen LogP contribution < -0.4 is 9.47 Å². The van der Waals surface area contributed by atoms with Crippen LogP contribution >= 0.6 is 0 Å². The predicted octanol–water partition coefficient (Wildman–Crippen LogP) is -0.488. The van der Waals surface area contributed by atoms with Gasteiger partial charge in [-0.15, -0.1) is 0 Å². The van der Waals surface area contributed by atoms with E-state index >= 15 is 0 Å². The Morgan fingerprint density at radius 3 is 2.35 bits per heavy atom. The molecule has 0 amide bonds. The third-order valence-corrected chi connectivity index (χ3v) is 8.30. The smallest absolute Gasteiger partial charge is 0.187 e. The fourth-order valence-corrected chi connectivity index (χ4v) is 5.88. The van der Waals surface area contributed by atoms with Gasteiger partial charge >= 0.3 is 0 Å². The van der Waals surface area contributed by atoms with Crippen molar-refractivity contribution in [3.05, 3.63) is 41.0 Å². The number of fused-ring (bicyclic) bond motifs is 1. The number of benzene rings is 2.